The number of carbonyl (C=O) groups excluding carboxylic acids is 1. The number of rotatable bonds is 6. The van der Waals surface area contributed by atoms with Gasteiger partial charge in [0.15, 0.2) is 11.6 Å². The van der Waals surface area contributed by atoms with E-state index in [9.17, 15) is 22.0 Å². The molecular formula is C21H24F2N2O3S. The van der Waals surface area contributed by atoms with Crippen LogP contribution in [0.4, 0.5) is 14.5 Å². The minimum atomic E-state index is -3.87. The first-order valence-corrected chi connectivity index (χ1v) is 11.3. The smallest absolute Gasteiger partial charge is 0.241 e. The molecule has 0 saturated heterocycles. The van der Waals surface area contributed by atoms with Crippen LogP contribution in [0.1, 0.15) is 42.5 Å². The molecule has 1 aliphatic carbocycles. The molecule has 2 aromatic rings. The lowest BCUT2D eigenvalue weighted by Crippen LogP contribution is -2.41. The van der Waals surface area contributed by atoms with Gasteiger partial charge in [-0.05, 0) is 61.4 Å². The Kier molecular flexibility index (Phi) is 6.21. The predicted octanol–water partition coefficient (Wildman–Crippen LogP) is 3.49. The Morgan fingerprint density at radius 3 is 2.41 bits per heavy atom. The largest absolute Gasteiger partial charge is 0.348 e. The summed E-state index contributed by atoms with van der Waals surface area (Å²) in [5.41, 5.74) is 3.45. The molecule has 2 aromatic carbocycles. The Bertz CT molecular complexity index is 1020. The van der Waals surface area contributed by atoms with E-state index in [1.165, 1.54) is 17.5 Å². The van der Waals surface area contributed by atoms with Crippen LogP contribution in [0, 0.1) is 11.6 Å². The zero-order chi connectivity index (χ0) is 21.2. The Balaban J connectivity index is 1.74. The van der Waals surface area contributed by atoms with Crippen LogP contribution < -0.4 is 9.62 Å². The second-order valence-corrected chi connectivity index (χ2v) is 9.30. The summed E-state index contributed by atoms with van der Waals surface area (Å²) in [6.07, 6.45) is 5.32. The normalized spacial score (nSPS) is 14.8. The molecule has 29 heavy (non-hydrogen) atoms. The summed E-state index contributed by atoms with van der Waals surface area (Å²) in [7, 11) is -3.87. The molecule has 1 aliphatic rings. The summed E-state index contributed by atoms with van der Waals surface area (Å²) in [5, 5.41) is 2.79. The van der Waals surface area contributed by atoms with E-state index in [-0.39, 0.29) is 11.7 Å². The van der Waals surface area contributed by atoms with Gasteiger partial charge in [-0.1, -0.05) is 18.2 Å². The number of nitrogens with zero attached hydrogens (tertiary/aromatic N) is 1. The topological polar surface area (TPSA) is 66.5 Å². The molecule has 0 fully saturated rings. The van der Waals surface area contributed by atoms with Crippen LogP contribution in [0.25, 0.3) is 0 Å². The highest BCUT2D eigenvalue weighted by atomic mass is 32.2. The third-order valence-electron chi connectivity index (χ3n) is 5.13. The molecule has 3 rings (SSSR count). The standard InChI is InChI=1S/C21H24F2N2O3S/c1-14(16-8-7-15-5-3-4-6-17(15)11-16)24-21(26)13-25(29(2,27)28)18-9-10-19(22)20(23)12-18/h7-12,14H,3-6,13H2,1-2H3,(H,24,26)/t14-/m1/s1. The molecule has 0 aromatic heterocycles. The average molecular weight is 422 g/mol. The van der Waals surface area contributed by atoms with Crippen molar-refractivity contribution in [2.45, 2.75) is 38.6 Å². The average Bonchev–Trinajstić information content (AvgIpc) is 2.67. The number of fused-ring (bicyclic) bond motifs is 1. The van der Waals surface area contributed by atoms with Gasteiger partial charge in [0.25, 0.3) is 0 Å². The number of amides is 1. The molecule has 1 amide bonds. The van der Waals surface area contributed by atoms with Gasteiger partial charge in [-0.2, -0.15) is 0 Å². The Labute approximate surface area is 169 Å². The molecule has 0 aliphatic heterocycles. The maximum absolute atomic E-state index is 13.5. The number of aryl methyl sites for hydroxylation is 2. The van der Waals surface area contributed by atoms with Gasteiger partial charge in [0.2, 0.25) is 15.9 Å². The maximum Gasteiger partial charge on any atom is 0.241 e. The highest BCUT2D eigenvalue weighted by Crippen LogP contribution is 2.25. The molecule has 1 N–H and O–H groups in total. The van der Waals surface area contributed by atoms with Gasteiger partial charge in [-0.15, -0.1) is 0 Å². The van der Waals surface area contributed by atoms with Gasteiger partial charge in [-0.25, -0.2) is 17.2 Å². The number of halogens is 2. The second kappa shape index (κ2) is 8.49. The number of benzene rings is 2. The highest BCUT2D eigenvalue weighted by Gasteiger charge is 2.23. The monoisotopic (exact) mass is 422 g/mol. The molecule has 0 heterocycles. The zero-order valence-corrected chi connectivity index (χ0v) is 17.2. The maximum atomic E-state index is 13.5. The van der Waals surface area contributed by atoms with E-state index in [0.717, 1.165) is 53.6 Å². The van der Waals surface area contributed by atoms with Crippen LogP contribution in [0.3, 0.4) is 0 Å². The first-order valence-electron chi connectivity index (χ1n) is 9.49. The molecule has 0 radical (unpaired) electrons. The lowest BCUT2D eigenvalue weighted by molar-refractivity contribution is -0.120. The number of anilines is 1. The fraction of sp³-hybridized carbons (Fsp3) is 0.381. The first kappa shape index (κ1) is 21.2. The molecule has 5 nitrogen and oxygen atoms in total. The molecule has 156 valence electrons. The van der Waals surface area contributed by atoms with Gasteiger partial charge < -0.3 is 5.32 Å². The van der Waals surface area contributed by atoms with Crippen LogP contribution in [0.5, 0.6) is 0 Å². The molecule has 0 saturated carbocycles. The number of sulfonamides is 1. The van der Waals surface area contributed by atoms with Crippen LogP contribution in [0.2, 0.25) is 0 Å². The van der Waals surface area contributed by atoms with E-state index < -0.39 is 34.1 Å². The van der Waals surface area contributed by atoms with Crippen LogP contribution in [0.15, 0.2) is 36.4 Å². The fourth-order valence-electron chi connectivity index (χ4n) is 3.56. The molecular weight excluding hydrogens is 398 g/mol. The summed E-state index contributed by atoms with van der Waals surface area (Å²) in [4.78, 5) is 12.5. The van der Waals surface area contributed by atoms with Crippen LogP contribution >= 0.6 is 0 Å². The summed E-state index contributed by atoms with van der Waals surface area (Å²) in [6, 6.07) is 8.53. The third kappa shape index (κ3) is 5.12. The lowest BCUT2D eigenvalue weighted by Gasteiger charge is -2.24. The van der Waals surface area contributed by atoms with E-state index in [1.807, 2.05) is 13.0 Å². The van der Waals surface area contributed by atoms with Gasteiger partial charge >= 0.3 is 0 Å². The first-order chi connectivity index (χ1) is 13.6. The molecule has 0 unspecified atom stereocenters. The summed E-state index contributed by atoms with van der Waals surface area (Å²) in [5.74, 6) is -2.81. The number of hydrogen-bond donors (Lipinski definition) is 1. The predicted molar refractivity (Wildman–Crippen MR) is 108 cm³/mol. The van der Waals surface area contributed by atoms with Crippen molar-refractivity contribution in [3.05, 3.63) is 64.7 Å². The SMILES string of the molecule is C[C@@H](NC(=O)CN(c1ccc(F)c(F)c1)S(C)(=O)=O)c1ccc2c(c1)CCCC2. The van der Waals surface area contributed by atoms with Crippen molar-refractivity contribution in [2.75, 3.05) is 17.1 Å². The molecule has 8 heteroatoms. The van der Waals surface area contributed by atoms with Gasteiger partial charge in [-0.3, -0.25) is 9.10 Å². The van der Waals surface area contributed by atoms with Crippen molar-refractivity contribution in [2.24, 2.45) is 0 Å². The van der Waals surface area contributed by atoms with Crippen molar-refractivity contribution in [3.8, 4) is 0 Å². The Morgan fingerprint density at radius 1 is 1.07 bits per heavy atom. The number of nitrogens with one attached hydrogen (secondary N) is 1. The Morgan fingerprint density at radius 2 is 1.76 bits per heavy atom. The number of carbonyl (C=O) groups is 1. The second-order valence-electron chi connectivity index (χ2n) is 7.39. The molecule has 0 spiro atoms. The quantitative estimate of drug-likeness (QED) is 0.775. The fourth-order valence-corrected chi connectivity index (χ4v) is 4.41. The van der Waals surface area contributed by atoms with Crippen molar-refractivity contribution in [3.63, 3.8) is 0 Å². The van der Waals surface area contributed by atoms with E-state index in [2.05, 4.69) is 17.4 Å². The number of hydrogen-bond acceptors (Lipinski definition) is 3. The van der Waals surface area contributed by atoms with E-state index in [4.69, 9.17) is 0 Å². The van der Waals surface area contributed by atoms with E-state index in [0.29, 0.717) is 0 Å². The van der Waals surface area contributed by atoms with E-state index in [1.54, 1.807) is 0 Å². The third-order valence-corrected chi connectivity index (χ3v) is 6.27. The highest BCUT2D eigenvalue weighted by molar-refractivity contribution is 7.92. The van der Waals surface area contributed by atoms with Gasteiger partial charge in [0, 0.05) is 6.07 Å². The van der Waals surface area contributed by atoms with Gasteiger partial charge in [0.1, 0.15) is 6.54 Å². The molecule has 0 bridgehead atoms. The van der Waals surface area contributed by atoms with Crippen LogP contribution in [-0.2, 0) is 27.7 Å². The van der Waals surface area contributed by atoms with Crippen molar-refractivity contribution < 1.29 is 22.0 Å². The summed E-state index contributed by atoms with van der Waals surface area (Å²) in [6.45, 7) is 1.30. The zero-order valence-electron chi connectivity index (χ0n) is 16.4. The molecule has 1 atom stereocenters. The van der Waals surface area contributed by atoms with Crippen molar-refractivity contribution in [1.82, 2.24) is 5.32 Å². The van der Waals surface area contributed by atoms with Crippen molar-refractivity contribution >= 4 is 21.6 Å². The van der Waals surface area contributed by atoms with E-state index >= 15 is 0 Å². The van der Waals surface area contributed by atoms with Crippen LogP contribution in [-0.4, -0.2) is 27.1 Å². The lowest BCUT2D eigenvalue weighted by atomic mass is 9.89. The Hall–Kier alpha value is -2.48. The minimum absolute atomic E-state index is 0.108. The minimum Gasteiger partial charge on any atom is -0.348 e. The summed E-state index contributed by atoms with van der Waals surface area (Å²) < 4.78 is 51.7. The van der Waals surface area contributed by atoms with Crippen molar-refractivity contribution in [1.29, 1.82) is 0 Å². The summed E-state index contributed by atoms with van der Waals surface area (Å²) >= 11 is 0. The van der Waals surface area contributed by atoms with Gasteiger partial charge in [0.05, 0.1) is 18.0 Å².